The van der Waals surface area contributed by atoms with Crippen molar-refractivity contribution in [3.8, 4) is 17.0 Å². The van der Waals surface area contributed by atoms with Crippen LogP contribution in [0.2, 0.25) is 0 Å². The molecule has 0 saturated heterocycles. The highest BCUT2D eigenvalue weighted by Gasteiger charge is 2.09. The first kappa shape index (κ1) is 14.5. The standard InChI is InChI=1S/C19H17N3O2/c1-13-11-14(7-8-15(13)17-9-10-20-22(17)2)23-12-19-21-16-5-3-4-6-18(16)24-19/h3-11H,12H2,1-2H3. The molecule has 5 nitrogen and oxygen atoms in total. The maximum Gasteiger partial charge on any atom is 0.233 e. The third-order valence-electron chi connectivity index (χ3n) is 4.00. The van der Waals surface area contributed by atoms with Crippen LogP contribution in [0, 0.1) is 6.92 Å². The van der Waals surface area contributed by atoms with Crippen LogP contribution >= 0.6 is 0 Å². The number of nitrogens with zero attached hydrogens (tertiary/aromatic N) is 3. The second-order valence-corrected chi connectivity index (χ2v) is 5.68. The van der Waals surface area contributed by atoms with Gasteiger partial charge in [-0.1, -0.05) is 12.1 Å². The SMILES string of the molecule is Cc1cc(OCc2nc3ccccc3o2)ccc1-c1ccnn1C. The second kappa shape index (κ2) is 5.85. The van der Waals surface area contributed by atoms with Gasteiger partial charge < -0.3 is 9.15 Å². The Morgan fingerprint density at radius 3 is 2.75 bits per heavy atom. The molecule has 0 radical (unpaired) electrons. The molecule has 0 atom stereocenters. The Kier molecular flexibility index (Phi) is 3.54. The number of aryl methyl sites for hydroxylation is 2. The lowest BCUT2D eigenvalue weighted by Gasteiger charge is -2.09. The van der Waals surface area contributed by atoms with Crippen molar-refractivity contribution in [1.82, 2.24) is 14.8 Å². The van der Waals surface area contributed by atoms with E-state index in [0.29, 0.717) is 12.5 Å². The quantitative estimate of drug-likeness (QED) is 0.568. The monoisotopic (exact) mass is 319 g/mol. The summed E-state index contributed by atoms with van der Waals surface area (Å²) in [6, 6.07) is 15.7. The lowest BCUT2D eigenvalue weighted by atomic mass is 10.1. The first-order valence-electron chi connectivity index (χ1n) is 7.77. The maximum atomic E-state index is 5.83. The van der Waals surface area contributed by atoms with Crippen LogP contribution in [0.15, 0.2) is 59.1 Å². The lowest BCUT2D eigenvalue weighted by molar-refractivity contribution is 0.267. The highest BCUT2D eigenvalue weighted by Crippen LogP contribution is 2.27. The van der Waals surface area contributed by atoms with Crippen LogP contribution in [-0.2, 0) is 13.7 Å². The molecule has 0 saturated carbocycles. The zero-order valence-corrected chi connectivity index (χ0v) is 13.6. The molecule has 0 aliphatic carbocycles. The van der Waals surface area contributed by atoms with Crippen LogP contribution in [0.5, 0.6) is 5.75 Å². The molecule has 0 fully saturated rings. The summed E-state index contributed by atoms with van der Waals surface area (Å²) in [7, 11) is 1.94. The molecule has 5 heteroatoms. The minimum atomic E-state index is 0.305. The number of hydrogen-bond acceptors (Lipinski definition) is 4. The Balaban J connectivity index is 1.53. The van der Waals surface area contributed by atoms with Gasteiger partial charge in [-0.05, 0) is 48.9 Å². The molecule has 0 amide bonds. The van der Waals surface area contributed by atoms with Crippen molar-refractivity contribution in [2.24, 2.45) is 7.05 Å². The van der Waals surface area contributed by atoms with Crippen LogP contribution in [0.25, 0.3) is 22.4 Å². The van der Waals surface area contributed by atoms with Gasteiger partial charge >= 0.3 is 0 Å². The number of hydrogen-bond donors (Lipinski definition) is 0. The average molecular weight is 319 g/mol. The van der Waals surface area contributed by atoms with Gasteiger partial charge in [0.25, 0.3) is 0 Å². The number of benzene rings is 2. The minimum Gasteiger partial charge on any atom is -0.484 e. The van der Waals surface area contributed by atoms with Gasteiger partial charge in [0.1, 0.15) is 11.3 Å². The minimum absolute atomic E-state index is 0.305. The van der Waals surface area contributed by atoms with E-state index < -0.39 is 0 Å². The van der Waals surface area contributed by atoms with Gasteiger partial charge in [-0.25, -0.2) is 4.98 Å². The van der Waals surface area contributed by atoms with E-state index in [9.17, 15) is 0 Å². The predicted molar refractivity (Wildman–Crippen MR) is 91.7 cm³/mol. The van der Waals surface area contributed by atoms with Crippen molar-refractivity contribution < 1.29 is 9.15 Å². The van der Waals surface area contributed by atoms with Gasteiger partial charge in [0.05, 0.1) is 5.69 Å². The van der Waals surface area contributed by atoms with Crippen molar-refractivity contribution in [2.45, 2.75) is 13.5 Å². The third kappa shape index (κ3) is 2.65. The van der Waals surface area contributed by atoms with Crippen LogP contribution < -0.4 is 4.74 Å². The molecule has 2 aromatic carbocycles. The van der Waals surface area contributed by atoms with E-state index in [2.05, 4.69) is 17.0 Å². The molecule has 4 rings (SSSR count). The Bertz CT molecular complexity index is 968. The van der Waals surface area contributed by atoms with Crippen molar-refractivity contribution in [1.29, 1.82) is 0 Å². The Labute approximate surface area is 139 Å². The van der Waals surface area contributed by atoms with E-state index in [1.807, 2.05) is 60.3 Å². The Morgan fingerprint density at radius 1 is 1.12 bits per heavy atom. The van der Waals surface area contributed by atoms with Crippen LogP contribution in [-0.4, -0.2) is 14.8 Å². The maximum absolute atomic E-state index is 5.83. The van der Waals surface area contributed by atoms with Crippen LogP contribution in [0.1, 0.15) is 11.5 Å². The predicted octanol–water partition coefficient (Wildman–Crippen LogP) is 4.12. The molecular weight excluding hydrogens is 302 g/mol. The molecule has 0 aliphatic heterocycles. The molecular formula is C19H17N3O2. The molecule has 24 heavy (non-hydrogen) atoms. The summed E-state index contributed by atoms with van der Waals surface area (Å²) in [5.41, 5.74) is 4.98. The number of rotatable bonds is 4. The number of fused-ring (bicyclic) bond motifs is 1. The fourth-order valence-corrected chi connectivity index (χ4v) is 2.78. The Morgan fingerprint density at radius 2 is 2.00 bits per heavy atom. The average Bonchev–Trinajstić information content (AvgIpc) is 3.19. The van der Waals surface area contributed by atoms with Crippen molar-refractivity contribution in [3.63, 3.8) is 0 Å². The smallest absolute Gasteiger partial charge is 0.233 e. The van der Waals surface area contributed by atoms with Crippen LogP contribution in [0.4, 0.5) is 0 Å². The van der Waals surface area contributed by atoms with E-state index in [1.54, 1.807) is 6.20 Å². The highest BCUT2D eigenvalue weighted by molar-refractivity contribution is 5.72. The van der Waals surface area contributed by atoms with Crippen molar-refractivity contribution >= 4 is 11.1 Å². The Hall–Kier alpha value is -3.08. The molecule has 0 bridgehead atoms. The molecule has 120 valence electrons. The van der Waals surface area contributed by atoms with Gasteiger partial charge in [0.15, 0.2) is 12.2 Å². The normalized spacial score (nSPS) is 11.1. The van der Waals surface area contributed by atoms with Gasteiger partial charge in [-0.3, -0.25) is 4.68 Å². The molecule has 2 heterocycles. The first-order chi connectivity index (χ1) is 11.7. The summed E-state index contributed by atoms with van der Waals surface area (Å²) in [4.78, 5) is 4.42. The number of aromatic nitrogens is 3. The largest absolute Gasteiger partial charge is 0.484 e. The number of ether oxygens (including phenoxy) is 1. The van der Waals surface area contributed by atoms with E-state index >= 15 is 0 Å². The van der Waals surface area contributed by atoms with E-state index in [1.165, 1.54) is 0 Å². The summed E-state index contributed by atoms with van der Waals surface area (Å²) in [5.74, 6) is 1.37. The molecule has 0 unspecified atom stereocenters. The molecule has 2 aromatic heterocycles. The number of oxazole rings is 1. The third-order valence-corrected chi connectivity index (χ3v) is 4.00. The summed E-state index contributed by atoms with van der Waals surface area (Å²) in [5, 5.41) is 4.22. The topological polar surface area (TPSA) is 53.1 Å². The van der Waals surface area contributed by atoms with Crippen LogP contribution in [0.3, 0.4) is 0 Å². The van der Waals surface area contributed by atoms with E-state index in [-0.39, 0.29) is 0 Å². The van der Waals surface area contributed by atoms with Gasteiger partial charge in [0.2, 0.25) is 5.89 Å². The summed E-state index contributed by atoms with van der Waals surface area (Å²) in [6.45, 7) is 2.37. The summed E-state index contributed by atoms with van der Waals surface area (Å²) >= 11 is 0. The van der Waals surface area contributed by atoms with Crippen molar-refractivity contribution in [2.75, 3.05) is 0 Å². The zero-order chi connectivity index (χ0) is 16.5. The first-order valence-corrected chi connectivity index (χ1v) is 7.77. The lowest BCUT2D eigenvalue weighted by Crippen LogP contribution is -1.98. The second-order valence-electron chi connectivity index (χ2n) is 5.68. The summed E-state index contributed by atoms with van der Waals surface area (Å²) in [6.07, 6.45) is 1.80. The van der Waals surface area contributed by atoms with E-state index in [4.69, 9.17) is 9.15 Å². The zero-order valence-electron chi connectivity index (χ0n) is 13.6. The molecule has 0 spiro atoms. The van der Waals surface area contributed by atoms with E-state index in [0.717, 1.165) is 33.7 Å². The highest BCUT2D eigenvalue weighted by atomic mass is 16.5. The number of para-hydroxylation sites is 2. The van der Waals surface area contributed by atoms with Crippen molar-refractivity contribution in [3.05, 3.63) is 66.2 Å². The molecule has 4 aromatic rings. The summed E-state index contributed by atoms with van der Waals surface area (Å²) < 4.78 is 13.4. The fraction of sp³-hybridized carbons (Fsp3) is 0.158. The fourth-order valence-electron chi connectivity index (χ4n) is 2.78. The van der Waals surface area contributed by atoms with Gasteiger partial charge in [-0.2, -0.15) is 5.10 Å². The van der Waals surface area contributed by atoms with Gasteiger partial charge in [-0.15, -0.1) is 0 Å². The molecule has 0 N–H and O–H groups in total. The van der Waals surface area contributed by atoms with Gasteiger partial charge in [0, 0.05) is 18.8 Å². The molecule has 0 aliphatic rings.